The molecule has 0 saturated heterocycles. The van der Waals surface area contributed by atoms with Crippen molar-refractivity contribution >= 4 is 5.91 Å². The minimum absolute atomic E-state index is 0.161. The Morgan fingerprint density at radius 3 is 2.62 bits per heavy atom. The molecule has 1 rings (SSSR count). The fourth-order valence-electron chi connectivity index (χ4n) is 1.15. The third-order valence-corrected chi connectivity index (χ3v) is 1.95. The topological polar surface area (TPSA) is 38.1 Å². The number of rotatable bonds is 3. The van der Waals surface area contributed by atoms with Gasteiger partial charge in [0.25, 0.3) is 5.91 Å². The molecule has 0 spiro atoms. The van der Waals surface area contributed by atoms with Crippen LogP contribution in [-0.4, -0.2) is 40.9 Å². The van der Waals surface area contributed by atoms with Crippen molar-refractivity contribution in [3.8, 4) is 0 Å². The molecule has 4 nitrogen and oxygen atoms in total. The van der Waals surface area contributed by atoms with Crippen LogP contribution >= 0.6 is 0 Å². The number of amides is 1. The van der Waals surface area contributed by atoms with Crippen LogP contribution in [0.2, 0.25) is 0 Å². The molecule has 0 atom stereocenters. The first-order valence-electron chi connectivity index (χ1n) is 4.61. The zero-order valence-electron chi connectivity index (χ0n) is 8.95. The van der Waals surface area contributed by atoms with E-state index in [-0.39, 0.29) is 18.1 Å². The van der Waals surface area contributed by atoms with Crippen molar-refractivity contribution in [3.05, 3.63) is 18.0 Å². The van der Waals surface area contributed by atoms with Gasteiger partial charge in [0.15, 0.2) is 0 Å². The summed E-state index contributed by atoms with van der Waals surface area (Å²) in [7, 11) is 3.06. The summed E-state index contributed by atoms with van der Waals surface area (Å²) in [6.07, 6.45) is -3.93. The standard InChI is InChI=1S/C9H12F3N3O/c1-14(2)8(16)7-3-5-13-15(7)6-4-9(10,11)12/h3,5H,4,6H2,1-2H3. The number of carbonyl (C=O) groups excluding carboxylic acids is 1. The van der Waals surface area contributed by atoms with Gasteiger partial charge in [-0.1, -0.05) is 0 Å². The zero-order chi connectivity index (χ0) is 12.3. The average molecular weight is 235 g/mol. The summed E-state index contributed by atoms with van der Waals surface area (Å²) in [6.45, 7) is -0.342. The Bertz CT molecular complexity index is 370. The quantitative estimate of drug-likeness (QED) is 0.797. The van der Waals surface area contributed by atoms with E-state index in [1.165, 1.54) is 31.3 Å². The third kappa shape index (κ3) is 3.25. The molecule has 1 aromatic heterocycles. The van der Waals surface area contributed by atoms with Gasteiger partial charge in [-0.25, -0.2) is 0 Å². The van der Waals surface area contributed by atoms with E-state index in [1.807, 2.05) is 0 Å². The second kappa shape index (κ2) is 4.54. The number of alkyl halides is 3. The molecule has 0 radical (unpaired) electrons. The van der Waals surface area contributed by atoms with Crippen molar-refractivity contribution in [1.82, 2.24) is 14.7 Å². The van der Waals surface area contributed by atoms with Crippen molar-refractivity contribution in [2.45, 2.75) is 19.1 Å². The number of carbonyl (C=O) groups is 1. The molecular formula is C9H12F3N3O. The molecule has 1 amide bonds. The number of aromatic nitrogens is 2. The molecule has 1 aromatic rings. The summed E-state index contributed by atoms with van der Waals surface area (Å²) in [5, 5.41) is 3.69. The van der Waals surface area contributed by atoms with Crippen LogP contribution in [0.4, 0.5) is 13.2 Å². The number of aryl methyl sites for hydroxylation is 1. The Morgan fingerprint density at radius 1 is 1.50 bits per heavy atom. The lowest BCUT2D eigenvalue weighted by atomic mass is 10.3. The van der Waals surface area contributed by atoms with Crippen molar-refractivity contribution < 1.29 is 18.0 Å². The van der Waals surface area contributed by atoms with Crippen LogP contribution in [0.3, 0.4) is 0 Å². The Kier molecular flexibility index (Phi) is 3.56. The summed E-state index contributed by atoms with van der Waals surface area (Å²) in [5.41, 5.74) is 0.161. The molecule has 0 aliphatic rings. The smallest absolute Gasteiger partial charge is 0.343 e. The molecule has 0 aliphatic carbocycles. The summed E-state index contributed by atoms with van der Waals surface area (Å²) in [4.78, 5) is 12.8. The Balaban J connectivity index is 2.75. The minimum Gasteiger partial charge on any atom is -0.343 e. The first-order chi connectivity index (χ1) is 7.31. The second-order valence-electron chi connectivity index (χ2n) is 3.50. The van der Waals surface area contributed by atoms with Crippen LogP contribution < -0.4 is 0 Å². The summed E-state index contributed by atoms with van der Waals surface area (Å²) >= 11 is 0. The third-order valence-electron chi connectivity index (χ3n) is 1.95. The molecule has 0 saturated carbocycles. The molecule has 0 N–H and O–H groups in total. The lowest BCUT2D eigenvalue weighted by Crippen LogP contribution is -2.25. The van der Waals surface area contributed by atoms with Crippen LogP contribution in [-0.2, 0) is 6.54 Å². The fraction of sp³-hybridized carbons (Fsp3) is 0.556. The van der Waals surface area contributed by atoms with Crippen LogP contribution in [0.1, 0.15) is 16.9 Å². The molecule has 1 heterocycles. The maximum absolute atomic E-state index is 12.0. The van der Waals surface area contributed by atoms with E-state index < -0.39 is 12.6 Å². The molecule has 0 bridgehead atoms. The van der Waals surface area contributed by atoms with Crippen LogP contribution in [0.15, 0.2) is 12.3 Å². The number of hydrogen-bond acceptors (Lipinski definition) is 2. The van der Waals surface area contributed by atoms with E-state index in [0.29, 0.717) is 0 Å². The van der Waals surface area contributed by atoms with Gasteiger partial charge in [0.2, 0.25) is 0 Å². The van der Waals surface area contributed by atoms with Gasteiger partial charge in [-0.3, -0.25) is 9.48 Å². The lowest BCUT2D eigenvalue weighted by Gasteiger charge is -2.12. The molecule has 7 heteroatoms. The highest BCUT2D eigenvalue weighted by Crippen LogP contribution is 2.20. The highest BCUT2D eigenvalue weighted by atomic mass is 19.4. The molecule has 0 aliphatic heterocycles. The SMILES string of the molecule is CN(C)C(=O)c1ccnn1CCC(F)(F)F. The van der Waals surface area contributed by atoms with Gasteiger partial charge < -0.3 is 4.90 Å². The second-order valence-corrected chi connectivity index (χ2v) is 3.50. The molecular weight excluding hydrogens is 223 g/mol. The van der Waals surface area contributed by atoms with Gasteiger partial charge >= 0.3 is 6.18 Å². The first-order valence-corrected chi connectivity index (χ1v) is 4.61. The summed E-state index contributed by atoms with van der Waals surface area (Å²) in [6, 6.07) is 1.40. The molecule has 0 unspecified atom stereocenters. The summed E-state index contributed by atoms with van der Waals surface area (Å²) < 4.78 is 37.1. The van der Waals surface area contributed by atoms with E-state index in [9.17, 15) is 18.0 Å². The fourth-order valence-corrected chi connectivity index (χ4v) is 1.15. The van der Waals surface area contributed by atoms with Crippen molar-refractivity contribution in [2.75, 3.05) is 14.1 Å². The lowest BCUT2D eigenvalue weighted by molar-refractivity contribution is -0.137. The van der Waals surface area contributed by atoms with Crippen LogP contribution in [0, 0.1) is 0 Å². The van der Waals surface area contributed by atoms with E-state index in [2.05, 4.69) is 5.10 Å². The van der Waals surface area contributed by atoms with Gasteiger partial charge in [-0.2, -0.15) is 18.3 Å². The predicted molar refractivity (Wildman–Crippen MR) is 50.9 cm³/mol. The van der Waals surface area contributed by atoms with Crippen molar-refractivity contribution in [1.29, 1.82) is 0 Å². The van der Waals surface area contributed by atoms with Crippen LogP contribution in [0.25, 0.3) is 0 Å². The number of hydrogen-bond donors (Lipinski definition) is 0. The maximum atomic E-state index is 12.0. The number of halogens is 3. The molecule has 0 aromatic carbocycles. The minimum atomic E-state index is -4.25. The van der Waals surface area contributed by atoms with E-state index >= 15 is 0 Å². The van der Waals surface area contributed by atoms with Crippen LogP contribution in [0.5, 0.6) is 0 Å². The normalized spacial score (nSPS) is 11.6. The van der Waals surface area contributed by atoms with Gasteiger partial charge in [-0.15, -0.1) is 0 Å². The zero-order valence-corrected chi connectivity index (χ0v) is 8.95. The van der Waals surface area contributed by atoms with Crippen molar-refractivity contribution in [3.63, 3.8) is 0 Å². The molecule has 90 valence electrons. The van der Waals surface area contributed by atoms with Gasteiger partial charge in [0, 0.05) is 20.3 Å². The van der Waals surface area contributed by atoms with Gasteiger partial charge in [-0.05, 0) is 6.07 Å². The van der Waals surface area contributed by atoms with E-state index in [1.54, 1.807) is 0 Å². The Hall–Kier alpha value is -1.53. The molecule has 0 fully saturated rings. The maximum Gasteiger partial charge on any atom is 0.390 e. The van der Waals surface area contributed by atoms with E-state index in [0.717, 1.165) is 4.68 Å². The largest absolute Gasteiger partial charge is 0.390 e. The average Bonchev–Trinajstić information content (AvgIpc) is 2.59. The first kappa shape index (κ1) is 12.5. The predicted octanol–water partition coefficient (Wildman–Crippen LogP) is 1.54. The van der Waals surface area contributed by atoms with Gasteiger partial charge in [0.1, 0.15) is 5.69 Å². The highest BCUT2D eigenvalue weighted by molar-refractivity contribution is 5.92. The van der Waals surface area contributed by atoms with Gasteiger partial charge in [0.05, 0.1) is 13.0 Å². The van der Waals surface area contributed by atoms with E-state index in [4.69, 9.17) is 0 Å². The Morgan fingerprint density at radius 2 is 2.12 bits per heavy atom. The van der Waals surface area contributed by atoms with Crippen molar-refractivity contribution in [2.24, 2.45) is 0 Å². The Labute approximate surface area is 90.6 Å². The number of nitrogens with zero attached hydrogens (tertiary/aromatic N) is 3. The highest BCUT2D eigenvalue weighted by Gasteiger charge is 2.27. The summed E-state index contributed by atoms with van der Waals surface area (Å²) in [5.74, 6) is -0.361. The monoisotopic (exact) mass is 235 g/mol. The molecule has 16 heavy (non-hydrogen) atoms.